The van der Waals surface area contributed by atoms with E-state index in [1.165, 1.54) is 5.56 Å². The van der Waals surface area contributed by atoms with Gasteiger partial charge in [0.15, 0.2) is 0 Å². The average molecular weight is 363 g/mol. The SMILES string of the molecule is CCOc1ccc(C2(CNc3cc(Cl)nc(N)n3)CCOCC2)cc1. The Balaban J connectivity index is 1.80. The second-order valence-corrected chi connectivity index (χ2v) is 6.53. The summed E-state index contributed by atoms with van der Waals surface area (Å²) in [5, 5.41) is 3.70. The Morgan fingerprint density at radius 3 is 2.60 bits per heavy atom. The number of nitrogens with two attached hydrogens (primary N) is 1. The molecule has 0 unspecified atom stereocenters. The number of hydrogen-bond acceptors (Lipinski definition) is 6. The molecule has 0 bridgehead atoms. The van der Waals surface area contributed by atoms with E-state index in [0.29, 0.717) is 17.6 Å². The number of benzene rings is 1. The zero-order valence-corrected chi connectivity index (χ0v) is 15.1. The van der Waals surface area contributed by atoms with Crippen molar-refractivity contribution in [3.8, 4) is 5.75 Å². The Morgan fingerprint density at radius 2 is 1.96 bits per heavy atom. The lowest BCUT2D eigenvalue weighted by Gasteiger charge is -2.38. The second-order valence-electron chi connectivity index (χ2n) is 6.14. The predicted molar refractivity (Wildman–Crippen MR) is 99.3 cm³/mol. The van der Waals surface area contributed by atoms with Gasteiger partial charge in [-0.05, 0) is 37.5 Å². The number of rotatable bonds is 6. The van der Waals surface area contributed by atoms with E-state index >= 15 is 0 Å². The fourth-order valence-electron chi connectivity index (χ4n) is 3.19. The van der Waals surface area contributed by atoms with Crippen LogP contribution in [-0.4, -0.2) is 36.3 Å². The topological polar surface area (TPSA) is 82.3 Å². The van der Waals surface area contributed by atoms with Crippen molar-refractivity contribution in [2.75, 3.05) is 37.4 Å². The van der Waals surface area contributed by atoms with Crippen LogP contribution in [0.4, 0.5) is 11.8 Å². The summed E-state index contributed by atoms with van der Waals surface area (Å²) in [6.07, 6.45) is 1.87. The lowest BCUT2D eigenvalue weighted by Crippen LogP contribution is -2.40. The molecule has 2 aromatic rings. The first kappa shape index (κ1) is 17.8. The lowest BCUT2D eigenvalue weighted by molar-refractivity contribution is 0.0543. The Hall–Kier alpha value is -2.05. The van der Waals surface area contributed by atoms with Crippen LogP contribution in [0.3, 0.4) is 0 Å². The molecule has 0 spiro atoms. The molecule has 1 saturated heterocycles. The Kier molecular flexibility index (Phi) is 5.60. The van der Waals surface area contributed by atoms with E-state index in [-0.39, 0.29) is 11.4 Å². The van der Waals surface area contributed by atoms with Gasteiger partial charge in [-0.15, -0.1) is 0 Å². The summed E-state index contributed by atoms with van der Waals surface area (Å²) in [7, 11) is 0. The molecule has 1 fully saturated rings. The summed E-state index contributed by atoms with van der Waals surface area (Å²) >= 11 is 5.97. The number of aromatic nitrogens is 2. The molecule has 3 N–H and O–H groups in total. The van der Waals surface area contributed by atoms with E-state index < -0.39 is 0 Å². The molecular weight excluding hydrogens is 340 g/mol. The minimum Gasteiger partial charge on any atom is -0.494 e. The first-order valence-corrected chi connectivity index (χ1v) is 8.84. The maximum atomic E-state index is 5.97. The largest absolute Gasteiger partial charge is 0.494 e. The normalized spacial score (nSPS) is 16.4. The maximum Gasteiger partial charge on any atom is 0.223 e. The quantitative estimate of drug-likeness (QED) is 0.767. The van der Waals surface area contributed by atoms with Crippen molar-refractivity contribution in [3.63, 3.8) is 0 Å². The highest BCUT2D eigenvalue weighted by molar-refractivity contribution is 6.29. The first-order chi connectivity index (χ1) is 12.1. The highest BCUT2D eigenvalue weighted by Gasteiger charge is 2.34. The molecule has 3 rings (SSSR count). The number of nitrogens with zero attached hydrogens (tertiary/aromatic N) is 2. The third-order valence-corrected chi connectivity index (χ3v) is 4.74. The van der Waals surface area contributed by atoms with Gasteiger partial charge in [0.25, 0.3) is 0 Å². The Morgan fingerprint density at radius 1 is 1.24 bits per heavy atom. The second kappa shape index (κ2) is 7.89. The smallest absolute Gasteiger partial charge is 0.223 e. The molecule has 0 amide bonds. The molecule has 7 heteroatoms. The van der Waals surface area contributed by atoms with Crippen LogP contribution in [0.15, 0.2) is 30.3 Å². The number of halogens is 1. The fourth-order valence-corrected chi connectivity index (χ4v) is 3.38. The minimum atomic E-state index is -0.0326. The van der Waals surface area contributed by atoms with Crippen molar-refractivity contribution in [2.45, 2.75) is 25.2 Å². The van der Waals surface area contributed by atoms with Gasteiger partial charge in [0.2, 0.25) is 5.95 Å². The van der Waals surface area contributed by atoms with Gasteiger partial charge >= 0.3 is 0 Å². The van der Waals surface area contributed by atoms with Crippen LogP contribution >= 0.6 is 11.6 Å². The molecule has 0 saturated carbocycles. The van der Waals surface area contributed by atoms with E-state index in [1.807, 2.05) is 19.1 Å². The number of hydrogen-bond donors (Lipinski definition) is 2. The van der Waals surface area contributed by atoms with Crippen molar-refractivity contribution in [1.29, 1.82) is 0 Å². The van der Waals surface area contributed by atoms with Gasteiger partial charge in [0.1, 0.15) is 16.7 Å². The van der Waals surface area contributed by atoms with Crippen LogP contribution in [0.25, 0.3) is 0 Å². The summed E-state index contributed by atoms with van der Waals surface area (Å²) < 4.78 is 11.1. The maximum absolute atomic E-state index is 5.97. The Labute approximate surface area is 152 Å². The zero-order chi connectivity index (χ0) is 17.7. The molecule has 1 aromatic heterocycles. The van der Waals surface area contributed by atoms with Crippen LogP contribution < -0.4 is 15.8 Å². The molecule has 134 valence electrons. The van der Waals surface area contributed by atoms with Gasteiger partial charge in [-0.25, -0.2) is 4.98 Å². The molecule has 25 heavy (non-hydrogen) atoms. The van der Waals surface area contributed by atoms with E-state index in [9.17, 15) is 0 Å². The molecule has 1 aliphatic heterocycles. The van der Waals surface area contributed by atoms with Gasteiger partial charge in [-0.2, -0.15) is 4.98 Å². The van der Waals surface area contributed by atoms with E-state index in [2.05, 4.69) is 27.4 Å². The van der Waals surface area contributed by atoms with Gasteiger partial charge in [-0.1, -0.05) is 23.7 Å². The van der Waals surface area contributed by atoms with Gasteiger partial charge in [-0.3, -0.25) is 0 Å². The van der Waals surface area contributed by atoms with Gasteiger partial charge < -0.3 is 20.5 Å². The molecule has 1 aliphatic rings. The third kappa shape index (κ3) is 4.32. The molecule has 1 aromatic carbocycles. The van der Waals surface area contributed by atoms with Crippen molar-refractivity contribution < 1.29 is 9.47 Å². The van der Waals surface area contributed by atoms with Crippen LogP contribution in [0.2, 0.25) is 5.15 Å². The Bertz CT molecular complexity index is 682. The lowest BCUT2D eigenvalue weighted by atomic mass is 9.74. The number of ether oxygens (including phenoxy) is 2. The van der Waals surface area contributed by atoms with E-state index in [4.69, 9.17) is 26.8 Å². The predicted octanol–water partition coefficient (Wildman–Crippen LogP) is 3.27. The van der Waals surface area contributed by atoms with Gasteiger partial charge in [0.05, 0.1) is 6.61 Å². The first-order valence-electron chi connectivity index (χ1n) is 8.46. The number of anilines is 2. The van der Waals surface area contributed by atoms with Crippen LogP contribution in [-0.2, 0) is 10.2 Å². The molecule has 2 heterocycles. The van der Waals surface area contributed by atoms with Crippen LogP contribution in [0.5, 0.6) is 5.75 Å². The van der Waals surface area contributed by atoms with Crippen molar-refractivity contribution in [1.82, 2.24) is 9.97 Å². The number of nitrogens with one attached hydrogen (secondary N) is 1. The summed E-state index contributed by atoms with van der Waals surface area (Å²) in [5.74, 6) is 1.68. The zero-order valence-electron chi connectivity index (χ0n) is 14.3. The van der Waals surface area contributed by atoms with E-state index in [0.717, 1.165) is 38.3 Å². The summed E-state index contributed by atoms with van der Waals surface area (Å²) in [6, 6.07) is 10.0. The fraction of sp³-hybridized carbons (Fsp3) is 0.444. The highest BCUT2D eigenvalue weighted by Crippen LogP contribution is 2.36. The standard InChI is InChI=1S/C18H23ClN4O2/c1-2-25-14-5-3-13(4-6-14)18(7-9-24-10-8-18)12-21-16-11-15(19)22-17(20)23-16/h3-6,11H,2,7-10,12H2,1H3,(H3,20,21,22,23). The van der Waals surface area contributed by atoms with Crippen molar-refractivity contribution in [3.05, 3.63) is 41.0 Å². The average Bonchev–Trinajstić information content (AvgIpc) is 2.61. The third-order valence-electron chi connectivity index (χ3n) is 4.55. The monoisotopic (exact) mass is 362 g/mol. The summed E-state index contributed by atoms with van der Waals surface area (Å²) in [5.41, 5.74) is 6.91. The number of nitrogen functional groups attached to an aromatic ring is 1. The molecule has 0 radical (unpaired) electrons. The van der Waals surface area contributed by atoms with Crippen molar-refractivity contribution in [2.24, 2.45) is 0 Å². The van der Waals surface area contributed by atoms with E-state index in [1.54, 1.807) is 6.07 Å². The molecule has 6 nitrogen and oxygen atoms in total. The van der Waals surface area contributed by atoms with Crippen LogP contribution in [0.1, 0.15) is 25.3 Å². The van der Waals surface area contributed by atoms with Crippen LogP contribution in [0, 0.1) is 0 Å². The summed E-state index contributed by atoms with van der Waals surface area (Å²) in [6.45, 7) is 4.84. The van der Waals surface area contributed by atoms with Gasteiger partial charge in [0, 0.05) is 31.2 Å². The highest BCUT2D eigenvalue weighted by atomic mass is 35.5. The van der Waals surface area contributed by atoms with Crippen molar-refractivity contribution >= 4 is 23.4 Å². The summed E-state index contributed by atoms with van der Waals surface area (Å²) in [4.78, 5) is 8.09. The molecular formula is C18H23ClN4O2. The molecule has 0 aliphatic carbocycles. The molecule has 0 atom stereocenters. The minimum absolute atomic E-state index is 0.0326.